The maximum atomic E-state index is 12.2. The minimum Gasteiger partial charge on any atom is -0.493 e. The zero-order valence-electron chi connectivity index (χ0n) is 18.3. The van der Waals surface area contributed by atoms with Crippen molar-refractivity contribution in [3.05, 3.63) is 48.0 Å². The number of anilines is 1. The molecule has 2 aromatic carbocycles. The van der Waals surface area contributed by atoms with Crippen LogP contribution >= 0.6 is 0 Å². The van der Waals surface area contributed by atoms with E-state index in [0.29, 0.717) is 35.8 Å². The van der Waals surface area contributed by atoms with Crippen molar-refractivity contribution >= 4 is 17.8 Å². The molecule has 1 amide bonds. The van der Waals surface area contributed by atoms with E-state index in [2.05, 4.69) is 44.6 Å². The lowest BCUT2D eigenvalue weighted by atomic mass is 10.2. The standard InChI is InChI=1S/C23H30N4O4/c1-29-20-10-9-18(22(30-2)23(20)31-3)17-24-25-21(28)11-12-26-13-15-27(16-14-26)19-7-5-4-6-8-19/h4-10,17H,11-16H2,1-3H3,(H,25,28)/b24-17-. The number of nitrogens with one attached hydrogen (secondary N) is 1. The molecule has 3 rings (SSSR count). The van der Waals surface area contributed by atoms with Crippen molar-refractivity contribution in [2.45, 2.75) is 6.42 Å². The van der Waals surface area contributed by atoms with Crippen LogP contribution < -0.4 is 24.5 Å². The first-order valence-electron chi connectivity index (χ1n) is 10.3. The number of rotatable bonds is 9. The number of hydrazone groups is 1. The molecule has 0 spiro atoms. The molecule has 0 unspecified atom stereocenters. The van der Waals surface area contributed by atoms with Gasteiger partial charge in [0.05, 0.1) is 27.5 Å². The number of para-hydroxylation sites is 1. The molecule has 1 saturated heterocycles. The van der Waals surface area contributed by atoms with Crippen molar-refractivity contribution in [3.63, 3.8) is 0 Å². The lowest BCUT2D eigenvalue weighted by molar-refractivity contribution is -0.121. The number of ether oxygens (including phenoxy) is 3. The van der Waals surface area contributed by atoms with E-state index >= 15 is 0 Å². The maximum Gasteiger partial charge on any atom is 0.241 e. The Balaban J connectivity index is 1.45. The van der Waals surface area contributed by atoms with E-state index in [9.17, 15) is 4.79 Å². The Morgan fingerprint density at radius 3 is 2.32 bits per heavy atom. The summed E-state index contributed by atoms with van der Waals surface area (Å²) in [5.41, 5.74) is 4.52. The number of benzene rings is 2. The quantitative estimate of drug-likeness (QED) is 0.490. The minimum absolute atomic E-state index is 0.124. The molecular formula is C23H30N4O4. The van der Waals surface area contributed by atoms with Gasteiger partial charge in [0.2, 0.25) is 11.7 Å². The molecule has 166 valence electrons. The summed E-state index contributed by atoms with van der Waals surface area (Å²) in [5.74, 6) is 1.42. The smallest absolute Gasteiger partial charge is 0.241 e. The molecule has 0 saturated carbocycles. The van der Waals surface area contributed by atoms with Gasteiger partial charge in [-0.2, -0.15) is 5.10 Å². The van der Waals surface area contributed by atoms with E-state index < -0.39 is 0 Å². The predicted octanol–water partition coefficient (Wildman–Crippen LogP) is 2.37. The summed E-state index contributed by atoms with van der Waals surface area (Å²) in [4.78, 5) is 16.9. The highest BCUT2D eigenvalue weighted by molar-refractivity contribution is 5.87. The molecular weight excluding hydrogens is 396 g/mol. The lowest BCUT2D eigenvalue weighted by Gasteiger charge is -2.36. The van der Waals surface area contributed by atoms with E-state index in [1.807, 2.05) is 6.07 Å². The van der Waals surface area contributed by atoms with Gasteiger partial charge in [-0.25, -0.2) is 5.43 Å². The van der Waals surface area contributed by atoms with Gasteiger partial charge < -0.3 is 19.1 Å². The van der Waals surface area contributed by atoms with Crippen LogP contribution in [0.5, 0.6) is 17.2 Å². The molecule has 0 radical (unpaired) electrons. The Bertz CT molecular complexity index is 881. The molecule has 0 bridgehead atoms. The summed E-state index contributed by atoms with van der Waals surface area (Å²) in [5, 5.41) is 4.07. The van der Waals surface area contributed by atoms with Crippen molar-refractivity contribution in [2.75, 3.05) is 59.0 Å². The Labute approximate surface area is 183 Å². The molecule has 1 N–H and O–H groups in total. The molecule has 0 atom stereocenters. The highest BCUT2D eigenvalue weighted by Crippen LogP contribution is 2.38. The first-order valence-corrected chi connectivity index (χ1v) is 10.3. The number of amides is 1. The van der Waals surface area contributed by atoms with Gasteiger partial charge in [-0.3, -0.25) is 9.69 Å². The second kappa shape index (κ2) is 11.2. The Kier molecular flexibility index (Phi) is 8.12. The van der Waals surface area contributed by atoms with Gasteiger partial charge in [-0.1, -0.05) is 18.2 Å². The van der Waals surface area contributed by atoms with Gasteiger partial charge in [0.15, 0.2) is 11.5 Å². The van der Waals surface area contributed by atoms with Gasteiger partial charge in [0, 0.05) is 50.4 Å². The number of carbonyl (C=O) groups is 1. The molecule has 1 fully saturated rings. The van der Waals surface area contributed by atoms with Crippen LogP contribution in [0.25, 0.3) is 0 Å². The summed E-state index contributed by atoms with van der Waals surface area (Å²) in [6.45, 7) is 4.51. The third kappa shape index (κ3) is 5.88. The molecule has 1 heterocycles. The molecule has 2 aromatic rings. The fourth-order valence-corrected chi connectivity index (χ4v) is 3.58. The molecule has 0 aromatic heterocycles. The topological polar surface area (TPSA) is 75.6 Å². The molecule has 8 nitrogen and oxygen atoms in total. The number of hydrogen-bond donors (Lipinski definition) is 1. The summed E-state index contributed by atoms with van der Waals surface area (Å²) < 4.78 is 16.0. The van der Waals surface area contributed by atoms with Gasteiger partial charge >= 0.3 is 0 Å². The SMILES string of the molecule is COc1ccc(/C=N\NC(=O)CCN2CCN(c3ccccc3)CC2)c(OC)c1OC. The highest BCUT2D eigenvalue weighted by atomic mass is 16.5. The van der Waals surface area contributed by atoms with Crippen LogP contribution in [0.15, 0.2) is 47.6 Å². The second-order valence-corrected chi connectivity index (χ2v) is 7.13. The van der Waals surface area contributed by atoms with Gasteiger partial charge in [0.25, 0.3) is 0 Å². The van der Waals surface area contributed by atoms with Crippen LogP contribution in [0.3, 0.4) is 0 Å². The minimum atomic E-state index is -0.124. The van der Waals surface area contributed by atoms with Crippen molar-refractivity contribution in [3.8, 4) is 17.2 Å². The molecule has 0 aliphatic carbocycles. The molecule has 31 heavy (non-hydrogen) atoms. The summed E-state index contributed by atoms with van der Waals surface area (Å²) in [6.07, 6.45) is 1.93. The van der Waals surface area contributed by atoms with Crippen LogP contribution in [-0.2, 0) is 4.79 Å². The van der Waals surface area contributed by atoms with Crippen molar-refractivity contribution in [1.29, 1.82) is 0 Å². The number of piperazine rings is 1. The van der Waals surface area contributed by atoms with E-state index in [4.69, 9.17) is 14.2 Å². The van der Waals surface area contributed by atoms with E-state index in [0.717, 1.165) is 26.2 Å². The Morgan fingerprint density at radius 1 is 0.968 bits per heavy atom. The van der Waals surface area contributed by atoms with Crippen LogP contribution in [0.1, 0.15) is 12.0 Å². The first-order chi connectivity index (χ1) is 15.2. The lowest BCUT2D eigenvalue weighted by Crippen LogP contribution is -2.47. The van der Waals surface area contributed by atoms with Crippen molar-refractivity contribution in [2.24, 2.45) is 5.10 Å². The highest BCUT2D eigenvalue weighted by Gasteiger charge is 2.18. The van der Waals surface area contributed by atoms with E-state index in [-0.39, 0.29) is 5.91 Å². The Hall–Kier alpha value is -3.26. The second-order valence-electron chi connectivity index (χ2n) is 7.13. The number of methoxy groups -OCH3 is 3. The van der Waals surface area contributed by atoms with Crippen LogP contribution in [0, 0.1) is 0 Å². The normalized spacial score (nSPS) is 14.5. The zero-order chi connectivity index (χ0) is 22.1. The largest absolute Gasteiger partial charge is 0.493 e. The summed E-state index contributed by atoms with van der Waals surface area (Å²) in [6, 6.07) is 14.0. The fourth-order valence-electron chi connectivity index (χ4n) is 3.58. The average molecular weight is 427 g/mol. The third-order valence-electron chi connectivity index (χ3n) is 5.28. The number of nitrogens with zero attached hydrogens (tertiary/aromatic N) is 3. The molecule has 8 heteroatoms. The van der Waals surface area contributed by atoms with Gasteiger partial charge in [0.1, 0.15) is 0 Å². The van der Waals surface area contributed by atoms with Gasteiger partial charge in [-0.15, -0.1) is 0 Å². The number of carbonyl (C=O) groups excluding carboxylic acids is 1. The van der Waals surface area contributed by atoms with E-state index in [1.165, 1.54) is 11.9 Å². The summed E-state index contributed by atoms with van der Waals surface area (Å²) >= 11 is 0. The average Bonchev–Trinajstić information content (AvgIpc) is 2.83. The van der Waals surface area contributed by atoms with E-state index in [1.54, 1.807) is 33.5 Å². The fraction of sp³-hybridized carbons (Fsp3) is 0.391. The third-order valence-corrected chi connectivity index (χ3v) is 5.28. The van der Waals surface area contributed by atoms with Crippen LogP contribution in [0.2, 0.25) is 0 Å². The monoisotopic (exact) mass is 426 g/mol. The van der Waals surface area contributed by atoms with Crippen LogP contribution in [-0.4, -0.2) is 71.1 Å². The van der Waals surface area contributed by atoms with Gasteiger partial charge in [-0.05, 0) is 24.3 Å². The summed E-state index contributed by atoms with van der Waals surface area (Å²) in [7, 11) is 4.65. The predicted molar refractivity (Wildman–Crippen MR) is 122 cm³/mol. The number of hydrogen-bond acceptors (Lipinski definition) is 7. The Morgan fingerprint density at radius 2 is 1.68 bits per heavy atom. The van der Waals surface area contributed by atoms with Crippen LogP contribution in [0.4, 0.5) is 5.69 Å². The zero-order valence-corrected chi connectivity index (χ0v) is 18.3. The maximum absolute atomic E-state index is 12.2. The van der Waals surface area contributed by atoms with Crippen molar-refractivity contribution in [1.82, 2.24) is 10.3 Å². The molecule has 1 aliphatic heterocycles. The first kappa shape index (κ1) is 22.4. The molecule has 1 aliphatic rings. The van der Waals surface area contributed by atoms with Crippen molar-refractivity contribution < 1.29 is 19.0 Å².